The summed E-state index contributed by atoms with van der Waals surface area (Å²) in [5.74, 6) is -1.22. The van der Waals surface area contributed by atoms with Crippen LogP contribution in [0.25, 0.3) is 0 Å². The van der Waals surface area contributed by atoms with E-state index in [1.54, 1.807) is 27.7 Å². The number of esters is 1. The number of aliphatic hydroxyl groups is 1. The molecule has 0 unspecified atom stereocenters. The van der Waals surface area contributed by atoms with E-state index in [9.17, 15) is 23.1 Å². The lowest BCUT2D eigenvalue weighted by Crippen LogP contribution is -2.51. The lowest BCUT2D eigenvalue weighted by atomic mass is 10.1. The largest absolute Gasteiger partial charge is 0.461 e. The van der Waals surface area contributed by atoms with Crippen molar-refractivity contribution in [2.24, 2.45) is 0 Å². The predicted octanol–water partition coefficient (Wildman–Crippen LogP) is 3.51. The van der Waals surface area contributed by atoms with Crippen molar-refractivity contribution < 1.29 is 32.5 Å². The minimum Gasteiger partial charge on any atom is -0.461 e. The Balaban J connectivity index is 2.12. The first kappa shape index (κ1) is 22.9. The average molecular weight is 442 g/mol. The lowest BCUT2D eigenvalue weighted by Gasteiger charge is -2.39. The molecule has 2 aromatic rings. The van der Waals surface area contributed by atoms with Crippen molar-refractivity contribution in [2.45, 2.75) is 52.4 Å². The highest BCUT2D eigenvalue weighted by molar-refractivity contribution is 5.89. The molecule has 0 atom stereocenters. The quantitative estimate of drug-likeness (QED) is 0.709. The van der Waals surface area contributed by atoms with Gasteiger partial charge in [-0.15, -0.1) is 0 Å². The maximum Gasteiger partial charge on any atom is 0.422 e. The summed E-state index contributed by atoms with van der Waals surface area (Å²) < 4.78 is 54.1. The molecule has 31 heavy (non-hydrogen) atoms. The molecule has 0 bridgehead atoms. The standard InChI is InChI=1S/C20H25F3N4O4/c1-6-30-18(29)16-11(2)17(27(25-16)19(3,4)5)31-14-8-24-7-13(15(14)20(21,22)23)26-9-12(28)10-26/h7-8,12,28H,6,9-10H2,1-5H3. The number of ether oxygens (including phenoxy) is 2. The zero-order chi connectivity index (χ0) is 23.1. The zero-order valence-corrected chi connectivity index (χ0v) is 17.9. The van der Waals surface area contributed by atoms with Crippen molar-refractivity contribution in [3.63, 3.8) is 0 Å². The van der Waals surface area contributed by atoms with Gasteiger partial charge >= 0.3 is 12.1 Å². The Morgan fingerprint density at radius 3 is 2.42 bits per heavy atom. The fraction of sp³-hybridized carbons (Fsp3) is 0.550. The third-order valence-electron chi connectivity index (χ3n) is 4.76. The van der Waals surface area contributed by atoms with Crippen LogP contribution in [0, 0.1) is 6.92 Å². The molecule has 11 heteroatoms. The van der Waals surface area contributed by atoms with E-state index in [1.807, 2.05) is 0 Å². The van der Waals surface area contributed by atoms with Crippen LogP contribution < -0.4 is 9.64 Å². The van der Waals surface area contributed by atoms with Crippen LogP contribution in [0.3, 0.4) is 0 Å². The number of halogens is 3. The van der Waals surface area contributed by atoms with Crippen molar-refractivity contribution in [1.82, 2.24) is 14.8 Å². The summed E-state index contributed by atoms with van der Waals surface area (Å²) in [5.41, 5.74) is -1.66. The number of carbonyl (C=O) groups is 1. The molecule has 1 saturated heterocycles. The van der Waals surface area contributed by atoms with Crippen LogP contribution in [-0.4, -0.2) is 51.6 Å². The molecule has 1 N–H and O–H groups in total. The second-order valence-electron chi connectivity index (χ2n) is 8.27. The first-order chi connectivity index (χ1) is 14.3. The molecule has 1 aliphatic heterocycles. The molecule has 1 fully saturated rings. The van der Waals surface area contributed by atoms with Gasteiger partial charge in [-0.3, -0.25) is 4.98 Å². The van der Waals surface area contributed by atoms with Crippen LogP contribution in [0.5, 0.6) is 11.6 Å². The van der Waals surface area contributed by atoms with E-state index in [4.69, 9.17) is 9.47 Å². The first-order valence-electron chi connectivity index (χ1n) is 9.77. The van der Waals surface area contributed by atoms with Gasteiger partial charge in [0.2, 0.25) is 5.88 Å². The molecule has 8 nitrogen and oxygen atoms in total. The molecule has 3 rings (SSSR count). The number of hydrogen-bond donors (Lipinski definition) is 1. The van der Waals surface area contributed by atoms with E-state index in [-0.39, 0.29) is 42.5 Å². The van der Waals surface area contributed by atoms with Gasteiger partial charge in [0.05, 0.1) is 36.3 Å². The number of aliphatic hydroxyl groups excluding tert-OH is 1. The minimum absolute atomic E-state index is 0.0105. The highest BCUT2D eigenvalue weighted by Gasteiger charge is 2.42. The number of aromatic nitrogens is 3. The number of anilines is 1. The third-order valence-corrected chi connectivity index (χ3v) is 4.76. The molecule has 0 aliphatic carbocycles. The van der Waals surface area contributed by atoms with Crippen LogP contribution in [-0.2, 0) is 16.5 Å². The van der Waals surface area contributed by atoms with Gasteiger partial charge < -0.3 is 19.5 Å². The summed E-state index contributed by atoms with van der Waals surface area (Å²) in [4.78, 5) is 17.6. The van der Waals surface area contributed by atoms with Crippen LogP contribution in [0.2, 0.25) is 0 Å². The van der Waals surface area contributed by atoms with Gasteiger partial charge in [0.1, 0.15) is 5.56 Å². The summed E-state index contributed by atoms with van der Waals surface area (Å²) >= 11 is 0. The second-order valence-corrected chi connectivity index (χ2v) is 8.27. The normalized spacial score (nSPS) is 15.1. The SMILES string of the molecule is CCOC(=O)c1nn(C(C)(C)C)c(Oc2cncc(N3CC(O)C3)c2C(F)(F)F)c1C. The number of alkyl halides is 3. The van der Waals surface area contributed by atoms with Crippen LogP contribution in [0.1, 0.15) is 49.3 Å². The van der Waals surface area contributed by atoms with Gasteiger partial charge in [-0.2, -0.15) is 18.3 Å². The average Bonchev–Trinajstić information content (AvgIpc) is 2.95. The van der Waals surface area contributed by atoms with Gasteiger partial charge in [-0.1, -0.05) is 0 Å². The lowest BCUT2D eigenvalue weighted by molar-refractivity contribution is -0.138. The number of β-amino-alcohol motifs (C(OH)–C–C–N with tert-alkyl or cyclic N) is 1. The molecule has 3 heterocycles. The summed E-state index contributed by atoms with van der Waals surface area (Å²) in [6.07, 6.45) is -3.35. The van der Waals surface area contributed by atoms with E-state index < -0.39 is 35.1 Å². The molecular weight excluding hydrogens is 417 g/mol. The van der Waals surface area contributed by atoms with E-state index in [0.717, 1.165) is 12.4 Å². The predicted molar refractivity (Wildman–Crippen MR) is 105 cm³/mol. The summed E-state index contributed by atoms with van der Waals surface area (Å²) in [7, 11) is 0. The van der Waals surface area contributed by atoms with Gasteiger partial charge in [0.25, 0.3) is 0 Å². The third kappa shape index (κ3) is 4.46. The van der Waals surface area contributed by atoms with Crippen LogP contribution in [0.4, 0.5) is 18.9 Å². The monoisotopic (exact) mass is 442 g/mol. The van der Waals surface area contributed by atoms with Gasteiger partial charge in [-0.05, 0) is 34.6 Å². The molecule has 0 radical (unpaired) electrons. The second kappa shape index (κ2) is 8.03. The van der Waals surface area contributed by atoms with Crippen LogP contribution in [0.15, 0.2) is 12.4 Å². The van der Waals surface area contributed by atoms with E-state index in [1.165, 1.54) is 16.5 Å². The topological polar surface area (TPSA) is 89.7 Å². The van der Waals surface area contributed by atoms with E-state index >= 15 is 0 Å². The zero-order valence-electron chi connectivity index (χ0n) is 17.9. The highest BCUT2D eigenvalue weighted by Crippen LogP contribution is 2.45. The number of hydrogen-bond acceptors (Lipinski definition) is 7. The highest BCUT2D eigenvalue weighted by atomic mass is 19.4. The van der Waals surface area contributed by atoms with Crippen molar-refractivity contribution in [1.29, 1.82) is 0 Å². The van der Waals surface area contributed by atoms with Gasteiger partial charge in [-0.25, -0.2) is 9.48 Å². The maximum absolute atomic E-state index is 14.0. The summed E-state index contributed by atoms with van der Waals surface area (Å²) in [6, 6.07) is 0. The van der Waals surface area contributed by atoms with Crippen molar-refractivity contribution in [2.75, 3.05) is 24.6 Å². The maximum atomic E-state index is 14.0. The number of rotatable bonds is 5. The Kier molecular flexibility index (Phi) is 5.92. The summed E-state index contributed by atoms with van der Waals surface area (Å²) in [5, 5.41) is 13.8. The van der Waals surface area contributed by atoms with Gasteiger partial charge in [0, 0.05) is 18.7 Å². The van der Waals surface area contributed by atoms with Gasteiger partial charge in [0.15, 0.2) is 11.4 Å². The molecule has 0 spiro atoms. The number of pyridine rings is 1. The molecule has 1 aliphatic rings. The molecule has 0 amide bonds. The Morgan fingerprint density at radius 2 is 1.90 bits per heavy atom. The Bertz CT molecular complexity index is 976. The Hall–Kier alpha value is -2.82. The fourth-order valence-corrected chi connectivity index (χ4v) is 3.24. The summed E-state index contributed by atoms with van der Waals surface area (Å²) in [6.45, 7) is 8.78. The smallest absolute Gasteiger partial charge is 0.422 e. The molecule has 0 saturated carbocycles. The molecule has 170 valence electrons. The van der Waals surface area contributed by atoms with Crippen LogP contribution >= 0.6 is 0 Å². The van der Waals surface area contributed by atoms with Crippen molar-refractivity contribution in [3.8, 4) is 11.6 Å². The Labute approximate surface area is 177 Å². The van der Waals surface area contributed by atoms with E-state index in [0.29, 0.717) is 0 Å². The molecule has 2 aromatic heterocycles. The molecule has 0 aromatic carbocycles. The first-order valence-corrected chi connectivity index (χ1v) is 9.77. The molecular formula is C20H25F3N4O4. The number of carbonyl (C=O) groups excluding carboxylic acids is 1. The van der Waals surface area contributed by atoms with Crippen molar-refractivity contribution >= 4 is 11.7 Å². The fourth-order valence-electron chi connectivity index (χ4n) is 3.24. The Morgan fingerprint density at radius 1 is 1.26 bits per heavy atom. The van der Waals surface area contributed by atoms with Crippen molar-refractivity contribution in [3.05, 3.63) is 29.2 Å². The minimum atomic E-state index is -4.74. The van der Waals surface area contributed by atoms with E-state index in [2.05, 4.69) is 10.1 Å². The number of nitrogens with zero attached hydrogens (tertiary/aromatic N) is 4.